The van der Waals surface area contributed by atoms with Crippen molar-refractivity contribution in [3.8, 4) is 11.5 Å². The molecule has 0 saturated carbocycles. The van der Waals surface area contributed by atoms with Crippen molar-refractivity contribution >= 4 is 17.2 Å². The van der Waals surface area contributed by atoms with Crippen LogP contribution < -0.4 is 10.6 Å². The Morgan fingerprint density at radius 2 is 1.73 bits per heavy atom. The van der Waals surface area contributed by atoms with Crippen LogP contribution in [0.25, 0.3) is 0 Å². The molecule has 0 spiro atoms. The van der Waals surface area contributed by atoms with E-state index in [2.05, 4.69) is 24.5 Å². The number of aromatic hydroxyl groups is 2. The van der Waals surface area contributed by atoms with Gasteiger partial charge in [-0.15, -0.1) is 0 Å². The summed E-state index contributed by atoms with van der Waals surface area (Å²) in [5.74, 6) is -0.341. The molecule has 2 aromatic rings. The van der Waals surface area contributed by atoms with Crippen LogP contribution in [0.5, 0.6) is 11.5 Å². The molecule has 0 radical (unpaired) electrons. The van der Waals surface area contributed by atoms with Gasteiger partial charge >= 0.3 is 0 Å². The third-order valence-corrected chi connectivity index (χ3v) is 5.08. The fraction of sp³-hybridized carbons (Fsp3) is 0.286. The summed E-state index contributed by atoms with van der Waals surface area (Å²) in [5, 5.41) is 27.2. The summed E-state index contributed by atoms with van der Waals surface area (Å²) in [6.45, 7) is 4.17. The summed E-state index contributed by atoms with van der Waals surface area (Å²) < 4.78 is 0. The van der Waals surface area contributed by atoms with Crippen LogP contribution in [0, 0.1) is 5.41 Å². The van der Waals surface area contributed by atoms with Gasteiger partial charge in [-0.05, 0) is 30.0 Å². The summed E-state index contributed by atoms with van der Waals surface area (Å²) in [6, 6.07) is 12.1. The number of benzene rings is 2. The second-order valence-electron chi connectivity index (χ2n) is 7.80. The monoisotopic (exact) mass is 350 g/mol. The van der Waals surface area contributed by atoms with E-state index < -0.39 is 6.04 Å². The van der Waals surface area contributed by atoms with Crippen LogP contribution in [0.2, 0.25) is 0 Å². The maximum Gasteiger partial charge on any atom is 0.163 e. The number of carbonyl (C=O) groups excluding carboxylic acids is 1. The second kappa shape index (κ2) is 5.80. The zero-order valence-electron chi connectivity index (χ0n) is 14.8. The van der Waals surface area contributed by atoms with Crippen molar-refractivity contribution in [3.05, 3.63) is 59.3 Å². The molecule has 4 N–H and O–H groups in total. The van der Waals surface area contributed by atoms with Crippen LogP contribution in [0.15, 0.2) is 53.7 Å². The van der Waals surface area contributed by atoms with Gasteiger partial charge in [-0.25, -0.2) is 0 Å². The van der Waals surface area contributed by atoms with Gasteiger partial charge in [0.25, 0.3) is 0 Å². The van der Waals surface area contributed by atoms with E-state index in [-0.39, 0.29) is 22.7 Å². The highest BCUT2D eigenvalue weighted by Crippen LogP contribution is 2.47. The minimum Gasteiger partial charge on any atom is -0.504 e. The summed E-state index contributed by atoms with van der Waals surface area (Å²) in [6.07, 6.45) is 1.18. The molecule has 1 aliphatic heterocycles. The average Bonchev–Trinajstić information content (AvgIpc) is 2.72. The van der Waals surface area contributed by atoms with Crippen LogP contribution in [0.1, 0.15) is 38.3 Å². The van der Waals surface area contributed by atoms with Gasteiger partial charge in [-0.3, -0.25) is 4.79 Å². The molecular weight excluding hydrogens is 328 g/mol. The molecule has 0 bridgehead atoms. The molecule has 2 aliphatic rings. The molecule has 26 heavy (non-hydrogen) atoms. The number of Topliss-reactive ketones (excluding diaryl/α,β-unsaturated/α-hetero) is 1. The fourth-order valence-electron chi connectivity index (χ4n) is 3.90. The smallest absolute Gasteiger partial charge is 0.163 e. The minimum absolute atomic E-state index is 0.0526. The third-order valence-electron chi connectivity index (χ3n) is 5.08. The van der Waals surface area contributed by atoms with Crippen LogP contribution in [-0.4, -0.2) is 16.0 Å². The van der Waals surface area contributed by atoms with Gasteiger partial charge in [0.2, 0.25) is 0 Å². The standard InChI is InChI=1S/C21H22N2O3/c1-21(2)10-15-18(17(25)11-21)19(12-6-5-9-16(24)20(12)26)23-14-8-4-3-7-13(14)22-15/h3-9,19,22-24,26H,10-11H2,1-2H3/t19-/m0/s1. The summed E-state index contributed by atoms with van der Waals surface area (Å²) in [7, 11) is 0. The lowest BCUT2D eigenvalue weighted by molar-refractivity contribution is -0.118. The predicted molar refractivity (Wildman–Crippen MR) is 101 cm³/mol. The Kier molecular flexibility index (Phi) is 3.68. The van der Waals surface area contributed by atoms with Crippen LogP contribution >= 0.6 is 0 Å². The highest BCUT2D eigenvalue weighted by Gasteiger charge is 2.39. The van der Waals surface area contributed by atoms with E-state index in [0.717, 1.165) is 23.5 Å². The molecule has 5 nitrogen and oxygen atoms in total. The molecule has 5 heteroatoms. The van der Waals surface area contributed by atoms with Crippen molar-refractivity contribution in [3.63, 3.8) is 0 Å². The van der Waals surface area contributed by atoms with E-state index in [4.69, 9.17) is 0 Å². The Morgan fingerprint density at radius 3 is 2.50 bits per heavy atom. The van der Waals surface area contributed by atoms with E-state index >= 15 is 0 Å². The van der Waals surface area contributed by atoms with Crippen LogP contribution in [-0.2, 0) is 4.79 Å². The number of hydrogen-bond acceptors (Lipinski definition) is 5. The van der Waals surface area contributed by atoms with Crippen molar-refractivity contribution in [2.45, 2.75) is 32.7 Å². The normalized spacial score (nSPS) is 21.2. The summed E-state index contributed by atoms with van der Waals surface area (Å²) >= 11 is 0. The van der Waals surface area contributed by atoms with Gasteiger partial charge < -0.3 is 20.8 Å². The first kappa shape index (κ1) is 16.5. The van der Waals surface area contributed by atoms with Gasteiger partial charge in [-0.2, -0.15) is 0 Å². The number of phenols is 2. The van der Waals surface area contributed by atoms with Crippen molar-refractivity contribution in [1.82, 2.24) is 0 Å². The maximum atomic E-state index is 13.0. The van der Waals surface area contributed by atoms with Gasteiger partial charge in [0.1, 0.15) is 0 Å². The number of para-hydroxylation sites is 3. The van der Waals surface area contributed by atoms with Crippen molar-refractivity contribution in [2.75, 3.05) is 10.6 Å². The molecule has 1 atom stereocenters. The number of rotatable bonds is 1. The van der Waals surface area contributed by atoms with Crippen LogP contribution in [0.3, 0.4) is 0 Å². The largest absolute Gasteiger partial charge is 0.504 e. The van der Waals surface area contributed by atoms with Crippen molar-refractivity contribution < 1.29 is 15.0 Å². The minimum atomic E-state index is -0.531. The van der Waals surface area contributed by atoms with E-state index in [1.54, 1.807) is 12.1 Å². The molecule has 134 valence electrons. The number of ketones is 1. The molecule has 0 unspecified atom stereocenters. The Bertz CT molecular complexity index is 931. The van der Waals surface area contributed by atoms with Gasteiger partial charge in [-0.1, -0.05) is 38.1 Å². The Balaban J connectivity index is 1.93. The fourth-order valence-corrected chi connectivity index (χ4v) is 3.90. The van der Waals surface area contributed by atoms with Gasteiger partial charge in [0.05, 0.1) is 17.4 Å². The first-order valence-corrected chi connectivity index (χ1v) is 8.75. The molecule has 0 amide bonds. The summed E-state index contributed by atoms with van der Waals surface area (Å²) in [5.41, 5.74) is 3.60. The Labute approximate surface area is 152 Å². The maximum absolute atomic E-state index is 13.0. The second-order valence-corrected chi connectivity index (χ2v) is 7.80. The summed E-state index contributed by atoms with van der Waals surface area (Å²) in [4.78, 5) is 13.0. The van der Waals surface area contributed by atoms with Crippen molar-refractivity contribution in [1.29, 1.82) is 0 Å². The number of hydrogen-bond donors (Lipinski definition) is 4. The molecule has 0 saturated heterocycles. The van der Waals surface area contributed by atoms with E-state index in [1.807, 2.05) is 24.3 Å². The van der Waals surface area contributed by atoms with Crippen molar-refractivity contribution in [2.24, 2.45) is 5.41 Å². The molecule has 0 aromatic heterocycles. The molecule has 1 heterocycles. The molecule has 4 rings (SSSR count). The highest BCUT2D eigenvalue weighted by atomic mass is 16.3. The van der Waals surface area contributed by atoms with Gasteiger partial charge in [0.15, 0.2) is 17.3 Å². The highest BCUT2D eigenvalue weighted by molar-refractivity contribution is 6.01. The average molecular weight is 350 g/mol. The van der Waals surface area contributed by atoms with Gasteiger partial charge in [0, 0.05) is 23.3 Å². The van der Waals surface area contributed by atoms with E-state index in [0.29, 0.717) is 17.6 Å². The van der Waals surface area contributed by atoms with Crippen LogP contribution in [0.4, 0.5) is 11.4 Å². The first-order valence-electron chi connectivity index (χ1n) is 8.75. The first-order chi connectivity index (χ1) is 12.4. The molecule has 1 aliphatic carbocycles. The SMILES string of the molecule is CC1(C)CC(=O)C2=C(C1)Nc1ccccc1N[C@H]2c1cccc(O)c1O. The van der Waals surface area contributed by atoms with E-state index in [9.17, 15) is 15.0 Å². The Morgan fingerprint density at radius 1 is 1.00 bits per heavy atom. The molecular formula is C21H22N2O3. The molecule has 2 aromatic carbocycles. The number of nitrogens with one attached hydrogen (secondary N) is 2. The lowest BCUT2D eigenvalue weighted by atomic mass is 9.73. The predicted octanol–water partition coefficient (Wildman–Crippen LogP) is 4.32. The number of fused-ring (bicyclic) bond motifs is 1. The number of carbonyl (C=O) groups is 1. The zero-order chi connectivity index (χ0) is 18.5. The van der Waals surface area contributed by atoms with E-state index in [1.165, 1.54) is 6.07 Å². The third kappa shape index (κ3) is 2.69. The lowest BCUT2D eigenvalue weighted by Gasteiger charge is -2.34. The Hall–Kier alpha value is -2.95. The number of anilines is 2. The topological polar surface area (TPSA) is 81.6 Å². The lowest BCUT2D eigenvalue weighted by Crippen LogP contribution is -2.31. The number of phenolic OH excluding ortho intramolecular Hbond substituents is 2. The molecule has 0 fully saturated rings. The number of allylic oxidation sites excluding steroid dienone is 1. The quantitative estimate of drug-likeness (QED) is 0.576. The zero-order valence-corrected chi connectivity index (χ0v) is 14.8.